The fourth-order valence-corrected chi connectivity index (χ4v) is 3.16. The summed E-state index contributed by atoms with van der Waals surface area (Å²) in [6.45, 7) is 2.45. The van der Waals surface area contributed by atoms with Crippen LogP contribution in [-0.2, 0) is 4.79 Å². The van der Waals surface area contributed by atoms with E-state index in [1.165, 1.54) is 11.3 Å². The van der Waals surface area contributed by atoms with Gasteiger partial charge in [0.05, 0.1) is 8.66 Å². The smallest absolute Gasteiger partial charge is 0.261 e. The van der Waals surface area contributed by atoms with E-state index >= 15 is 0 Å². The number of hydrogen-bond donors (Lipinski definition) is 2. The zero-order chi connectivity index (χ0) is 12.4. The van der Waals surface area contributed by atoms with E-state index in [9.17, 15) is 9.59 Å². The molecule has 1 aliphatic rings. The molecule has 2 heterocycles. The molecule has 92 valence electrons. The summed E-state index contributed by atoms with van der Waals surface area (Å²) in [6, 6.07) is 1.94. The lowest BCUT2D eigenvalue weighted by atomic mass is 10.2. The highest BCUT2D eigenvalue weighted by Gasteiger charge is 2.21. The minimum atomic E-state index is -0.0788. The molecule has 0 bridgehead atoms. The summed E-state index contributed by atoms with van der Waals surface area (Å²) in [6.07, 6.45) is 1.36. The monoisotopic (exact) mass is 316 g/mol. The Kier molecular flexibility index (Phi) is 3.83. The van der Waals surface area contributed by atoms with E-state index in [-0.39, 0.29) is 17.9 Å². The summed E-state index contributed by atoms with van der Waals surface area (Å²) in [4.78, 5) is 23.5. The molecular weight excluding hydrogens is 304 g/mol. The number of carbonyl (C=O) groups excluding carboxylic acids is 2. The Hall–Kier alpha value is -0.880. The maximum Gasteiger partial charge on any atom is 0.261 e. The molecule has 2 amide bonds. The van der Waals surface area contributed by atoms with Crippen molar-refractivity contribution in [2.45, 2.75) is 25.8 Å². The molecule has 1 aliphatic heterocycles. The van der Waals surface area contributed by atoms with Crippen molar-refractivity contribution < 1.29 is 9.59 Å². The van der Waals surface area contributed by atoms with Crippen LogP contribution in [0.1, 0.15) is 28.1 Å². The summed E-state index contributed by atoms with van der Waals surface area (Å²) in [5.74, 6) is -0.0103. The van der Waals surface area contributed by atoms with Gasteiger partial charge in [-0.2, -0.15) is 0 Å². The predicted molar refractivity (Wildman–Crippen MR) is 70.3 cm³/mol. The third kappa shape index (κ3) is 3.07. The van der Waals surface area contributed by atoms with E-state index in [1.54, 1.807) is 0 Å². The van der Waals surface area contributed by atoms with E-state index in [0.29, 0.717) is 17.8 Å². The minimum absolute atomic E-state index is 0.0685. The van der Waals surface area contributed by atoms with Crippen molar-refractivity contribution in [3.63, 3.8) is 0 Å². The van der Waals surface area contributed by atoms with Crippen LogP contribution in [0.15, 0.2) is 9.85 Å². The number of nitrogens with one attached hydrogen (secondary N) is 2. The molecule has 0 radical (unpaired) electrons. The van der Waals surface area contributed by atoms with Gasteiger partial charge >= 0.3 is 0 Å². The third-order valence-electron chi connectivity index (χ3n) is 2.67. The summed E-state index contributed by atoms with van der Waals surface area (Å²) in [5.41, 5.74) is 1.06. The summed E-state index contributed by atoms with van der Waals surface area (Å²) in [5, 5.41) is 5.66. The van der Waals surface area contributed by atoms with Crippen LogP contribution < -0.4 is 10.6 Å². The Morgan fingerprint density at radius 3 is 3.00 bits per heavy atom. The van der Waals surface area contributed by atoms with Crippen molar-refractivity contribution in [1.82, 2.24) is 10.6 Å². The SMILES string of the molecule is Cc1cc(C(=O)NCC2CCC(=O)N2)sc1Br. The molecule has 1 aromatic rings. The maximum absolute atomic E-state index is 11.8. The second kappa shape index (κ2) is 5.18. The Bertz CT molecular complexity index is 439. The number of amides is 2. The van der Waals surface area contributed by atoms with Crippen molar-refractivity contribution in [1.29, 1.82) is 0 Å². The number of carbonyl (C=O) groups is 2. The van der Waals surface area contributed by atoms with Crippen molar-refractivity contribution in [3.05, 3.63) is 20.3 Å². The van der Waals surface area contributed by atoms with Crippen molar-refractivity contribution in [2.24, 2.45) is 0 Å². The second-order valence-electron chi connectivity index (χ2n) is 4.08. The lowest BCUT2D eigenvalue weighted by Crippen LogP contribution is -2.38. The van der Waals surface area contributed by atoms with Gasteiger partial charge in [0.25, 0.3) is 5.91 Å². The first-order chi connectivity index (χ1) is 8.06. The van der Waals surface area contributed by atoms with Crippen LogP contribution >= 0.6 is 27.3 Å². The van der Waals surface area contributed by atoms with Crippen LogP contribution in [0.25, 0.3) is 0 Å². The fraction of sp³-hybridized carbons (Fsp3) is 0.455. The predicted octanol–water partition coefficient (Wildman–Crippen LogP) is 1.83. The molecule has 0 aliphatic carbocycles. The van der Waals surface area contributed by atoms with Crippen molar-refractivity contribution >= 4 is 39.1 Å². The van der Waals surface area contributed by atoms with Crippen LogP contribution in [0.3, 0.4) is 0 Å². The topological polar surface area (TPSA) is 58.2 Å². The van der Waals surface area contributed by atoms with Crippen LogP contribution in [0.4, 0.5) is 0 Å². The first kappa shape index (κ1) is 12.6. The first-order valence-corrected chi connectivity index (χ1v) is 7.00. The van der Waals surface area contributed by atoms with Gasteiger partial charge in [-0.25, -0.2) is 0 Å². The summed E-state index contributed by atoms with van der Waals surface area (Å²) in [7, 11) is 0. The van der Waals surface area contributed by atoms with Gasteiger partial charge in [0.2, 0.25) is 5.91 Å². The molecular formula is C11H13BrN2O2S. The fourth-order valence-electron chi connectivity index (χ4n) is 1.71. The summed E-state index contributed by atoms with van der Waals surface area (Å²) >= 11 is 4.81. The molecule has 2 N–H and O–H groups in total. The van der Waals surface area contributed by atoms with Gasteiger partial charge in [0.1, 0.15) is 0 Å². The number of thiophene rings is 1. The van der Waals surface area contributed by atoms with Gasteiger partial charge < -0.3 is 10.6 Å². The maximum atomic E-state index is 11.8. The van der Waals surface area contributed by atoms with Crippen molar-refractivity contribution in [2.75, 3.05) is 6.54 Å². The van der Waals surface area contributed by atoms with E-state index in [2.05, 4.69) is 26.6 Å². The molecule has 1 unspecified atom stereocenters. The minimum Gasteiger partial charge on any atom is -0.352 e. The van der Waals surface area contributed by atoms with Gasteiger partial charge in [-0.05, 0) is 40.9 Å². The van der Waals surface area contributed by atoms with Crippen LogP contribution in [-0.4, -0.2) is 24.4 Å². The average molecular weight is 317 g/mol. The highest BCUT2D eigenvalue weighted by molar-refractivity contribution is 9.11. The second-order valence-corrected chi connectivity index (χ2v) is 6.45. The molecule has 1 fully saturated rings. The molecule has 1 saturated heterocycles. The van der Waals surface area contributed by atoms with E-state index in [0.717, 1.165) is 15.8 Å². The highest BCUT2D eigenvalue weighted by Crippen LogP contribution is 2.27. The molecule has 1 aromatic heterocycles. The van der Waals surface area contributed by atoms with Gasteiger partial charge in [0, 0.05) is 19.0 Å². The van der Waals surface area contributed by atoms with E-state index in [1.807, 2.05) is 13.0 Å². The zero-order valence-corrected chi connectivity index (χ0v) is 11.8. The van der Waals surface area contributed by atoms with Gasteiger partial charge in [-0.15, -0.1) is 11.3 Å². The van der Waals surface area contributed by atoms with Gasteiger partial charge in [-0.1, -0.05) is 0 Å². The normalized spacial score (nSPS) is 19.2. The highest BCUT2D eigenvalue weighted by atomic mass is 79.9. The standard InChI is InChI=1S/C11H13BrN2O2S/c1-6-4-8(17-10(6)12)11(16)13-5-7-2-3-9(15)14-7/h4,7H,2-3,5H2,1H3,(H,13,16)(H,14,15). The number of halogens is 1. The molecule has 0 spiro atoms. The van der Waals surface area contributed by atoms with Crippen LogP contribution in [0, 0.1) is 6.92 Å². The Balaban J connectivity index is 1.87. The number of hydrogen-bond acceptors (Lipinski definition) is 3. The average Bonchev–Trinajstić information content (AvgIpc) is 2.83. The molecule has 1 atom stereocenters. The third-order valence-corrected chi connectivity index (χ3v) is 4.81. The molecule has 6 heteroatoms. The largest absolute Gasteiger partial charge is 0.352 e. The quantitative estimate of drug-likeness (QED) is 0.893. The summed E-state index contributed by atoms with van der Waals surface area (Å²) < 4.78 is 0.983. The van der Waals surface area contributed by atoms with Crippen molar-refractivity contribution in [3.8, 4) is 0 Å². The Morgan fingerprint density at radius 2 is 2.47 bits per heavy atom. The van der Waals surface area contributed by atoms with Gasteiger partial charge in [0.15, 0.2) is 0 Å². The molecule has 2 rings (SSSR count). The van der Waals surface area contributed by atoms with Crippen LogP contribution in [0.5, 0.6) is 0 Å². The molecule has 4 nitrogen and oxygen atoms in total. The Morgan fingerprint density at radius 1 is 1.71 bits per heavy atom. The number of rotatable bonds is 3. The molecule has 0 saturated carbocycles. The van der Waals surface area contributed by atoms with Gasteiger partial charge in [-0.3, -0.25) is 9.59 Å². The van der Waals surface area contributed by atoms with E-state index in [4.69, 9.17) is 0 Å². The molecule has 17 heavy (non-hydrogen) atoms. The lowest BCUT2D eigenvalue weighted by Gasteiger charge is -2.10. The van der Waals surface area contributed by atoms with E-state index < -0.39 is 0 Å². The zero-order valence-electron chi connectivity index (χ0n) is 9.38. The Labute approximate surface area is 112 Å². The van der Waals surface area contributed by atoms with Crippen LogP contribution in [0.2, 0.25) is 0 Å². The molecule has 0 aromatic carbocycles. The lowest BCUT2D eigenvalue weighted by molar-refractivity contribution is -0.119. The number of aryl methyl sites for hydroxylation is 1. The first-order valence-electron chi connectivity index (χ1n) is 5.40.